The molecule has 1 aromatic carbocycles. The number of aromatic nitrogens is 1. The molecule has 2 aromatic rings. The van der Waals surface area contributed by atoms with Crippen LogP contribution in [0.15, 0.2) is 34.9 Å². The molecular weight excluding hydrogens is 368 g/mol. The van der Waals surface area contributed by atoms with E-state index >= 15 is 0 Å². The SMILES string of the molecule is COc1ccc(NC(=O)COC(=O)c2cc(Br)c[nH]2)cc1OC. The van der Waals surface area contributed by atoms with Gasteiger partial charge < -0.3 is 24.5 Å². The van der Waals surface area contributed by atoms with Crippen molar-refractivity contribution in [1.82, 2.24) is 4.98 Å². The van der Waals surface area contributed by atoms with E-state index in [0.717, 1.165) is 4.47 Å². The third-order valence-electron chi connectivity index (χ3n) is 2.87. The summed E-state index contributed by atoms with van der Waals surface area (Å²) in [6.45, 7) is -0.399. The molecule has 0 bridgehead atoms. The molecule has 0 spiro atoms. The Morgan fingerprint density at radius 1 is 1.17 bits per heavy atom. The monoisotopic (exact) mass is 382 g/mol. The van der Waals surface area contributed by atoms with Gasteiger partial charge in [0.15, 0.2) is 18.1 Å². The first-order valence-electron chi connectivity index (χ1n) is 6.56. The highest BCUT2D eigenvalue weighted by Crippen LogP contribution is 2.29. The van der Waals surface area contributed by atoms with Gasteiger partial charge in [0.1, 0.15) is 5.69 Å². The molecule has 0 unspecified atom stereocenters. The minimum atomic E-state index is -0.613. The number of aromatic amines is 1. The second kappa shape index (κ2) is 7.68. The van der Waals surface area contributed by atoms with Crippen molar-refractivity contribution in [2.75, 3.05) is 26.1 Å². The number of carbonyl (C=O) groups is 2. The Bertz CT molecular complexity index is 714. The number of H-pyrrole nitrogens is 1. The first-order valence-corrected chi connectivity index (χ1v) is 7.35. The van der Waals surface area contributed by atoms with E-state index in [4.69, 9.17) is 14.2 Å². The van der Waals surface area contributed by atoms with Crippen LogP contribution < -0.4 is 14.8 Å². The summed E-state index contributed by atoms with van der Waals surface area (Å²) >= 11 is 3.21. The summed E-state index contributed by atoms with van der Waals surface area (Å²) in [5, 5.41) is 2.61. The lowest BCUT2D eigenvalue weighted by molar-refractivity contribution is -0.119. The lowest BCUT2D eigenvalue weighted by Gasteiger charge is -2.10. The van der Waals surface area contributed by atoms with E-state index in [1.807, 2.05) is 0 Å². The number of carbonyl (C=O) groups excluding carboxylic acids is 2. The van der Waals surface area contributed by atoms with Crippen LogP contribution in [0.1, 0.15) is 10.5 Å². The van der Waals surface area contributed by atoms with Gasteiger partial charge in [-0.15, -0.1) is 0 Å². The zero-order valence-corrected chi connectivity index (χ0v) is 14.1. The van der Waals surface area contributed by atoms with Gasteiger partial charge >= 0.3 is 5.97 Å². The van der Waals surface area contributed by atoms with E-state index in [0.29, 0.717) is 17.2 Å². The number of nitrogens with one attached hydrogen (secondary N) is 2. The van der Waals surface area contributed by atoms with Crippen molar-refractivity contribution in [3.63, 3.8) is 0 Å². The topological polar surface area (TPSA) is 89.6 Å². The Morgan fingerprint density at radius 2 is 1.91 bits per heavy atom. The molecule has 0 aliphatic heterocycles. The van der Waals surface area contributed by atoms with Gasteiger partial charge in [0.25, 0.3) is 5.91 Å². The quantitative estimate of drug-likeness (QED) is 0.749. The fourth-order valence-electron chi connectivity index (χ4n) is 1.81. The lowest BCUT2D eigenvalue weighted by atomic mass is 10.2. The Kier molecular flexibility index (Phi) is 5.64. The molecule has 2 N–H and O–H groups in total. The highest BCUT2D eigenvalue weighted by molar-refractivity contribution is 9.10. The fourth-order valence-corrected chi connectivity index (χ4v) is 2.15. The van der Waals surface area contributed by atoms with Crippen molar-refractivity contribution in [2.45, 2.75) is 0 Å². The first kappa shape index (κ1) is 16.9. The normalized spacial score (nSPS) is 10.0. The van der Waals surface area contributed by atoms with E-state index in [1.165, 1.54) is 14.2 Å². The zero-order chi connectivity index (χ0) is 16.8. The van der Waals surface area contributed by atoms with Crippen molar-refractivity contribution in [3.8, 4) is 11.5 Å². The molecule has 0 saturated heterocycles. The summed E-state index contributed by atoms with van der Waals surface area (Å²) in [6.07, 6.45) is 1.60. The second-order valence-corrected chi connectivity index (χ2v) is 5.34. The number of esters is 1. The number of hydrogen-bond donors (Lipinski definition) is 2. The van der Waals surface area contributed by atoms with Crippen LogP contribution in [0.5, 0.6) is 11.5 Å². The minimum Gasteiger partial charge on any atom is -0.493 e. The van der Waals surface area contributed by atoms with Gasteiger partial charge in [0.2, 0.25) is 0 Å². The summed E-state index contributed by atoms with van der Waals surface area (Å²) in [5.74, 6) is -0.0397. The first-order chi connectivity index (χ1) is 11.0. The van der Waals surface area contributed by atoms with Crippen LogP contribution in [0.25, 0.3) is 0 Å². The van der Waals surface area contributed by atoms with Crippen LogP contribution >= 0.6 is 15.9 Å². The highest BCUT2D eigenvalue weighted by Gasteiger charge is 2.13. The third-order valence-corrected chi connectivity index (χ3v) is 3.33. The van der Waals surface area contributed by atoms with E-state index in [-0.39, 0.29) is 5.69 Å². The van der Waals surface area contributed by atoms with Crippen LogP contribution in [0.4, 0.5) is 5.69 Å². The molecule has 0 radical (unpaired) electrons. The lowest BCUT2D eigenvalue weighted by Crippen LogP contribution is -2.21. The molecule has 7 nitrogen and oxygen atoms in total. The van der Waals surface area contributed by atoms with E-state index in [9.17, 15) is 9.59 Å². The van der Waals surface area contributed by atoms with Gasteiger partial charge in [-0.2, -0.15) is 0 Å². The highest BCUT2D eigenvalue weighted by atomic mass is 79.9. The average Bonchev–Trinajstić information content (AvgIpc) is 2.99. The van der Waals surface area contributed by atoms with Crippen molar-refractivity contribution in [2.24, 2.45) is 0 Å². The van der Waals surface area contributed by atoms with E-state index in [2.05, 4.69) is 26.2 Å². The fraction of sp³-hybridized carbons (Fsp3) is 0.200. The summed E-state index contributed by atoms with van der Waals surface area (Å²) in [6, 6.07) is 6.50. The molecule has 0 aliphatic carbocycles. The molecule has 0 saturated carbocycles. The maximum absolute atomic E-state index is 11.8. The number of amides is 1. The summed E-state index contributed by atoms with van der Waals surface area (Å²) in [4.78, 5) is 26.3. The molecule has 1 aromatic heterocycles. The smallest absolute Gasteiger partial charge is 0.355 e. The number of hydrogen-bond acceptors (Lipinski definition) is 5. The number of anilines is 1. The van der Waals surface area contributed by atoms with Crippen molar-refractivity contribution in [3.05, 3.63) is 40.6 Å². The maximum atomic E-state index is 11.8. The molecule has 1 amide bonds. The molecule has 122 valence electrons. The third kappa shape index (κ3) is 4.49. The standard InChI is InChI=1S/C15H15BrN2O5/c1-21-12-4-3-10(6-13(12)22-2)18-14(19)8-23-15(20)11-5-9(16)7-17-11/h3-7,17H,8H2,1-2H3,(H,18,19). The molecule has 23 heavy (non-hydrogen) atoms. The number of halogens is 1. The Balaban J connectivity index is 1.91. The summed E-state index contributed by atoms with van der Waals surface area (Å²) in [7, 11) is 3.02. The summed E-state index contributed by atoms with van der Waals surface area (Å²) in [5.41, 5.74) is 0.766. The van der Waals surface area contributed by atoms with Crippen LogP contribution in [0.2, 0.25) is 0 Å². The van der Waals surface area contributed by atoms with Crippen molar-refractivity contribution >= 4 is 33.5 Å². The van der Waals surface area contributed by atoms with Crippen molar-refractivity contribution in [1.29, 1.82) is 0 Å². The Hall–Kier alpha value is -2.48. The van der Waals surface area contributed by atoms with Gasteiger partial charge in [-0.05, 0) is 34.1 Å². The van der Waals surface area contributed by atoms with Crippen LogP contribution in [0, 0.1) is 0 Å². The van der Waals surface area contributed by atoms with Gasteiger partial charge in [0, 0.05) is 22.4 Å². The second-order valence-electron chi connectivity index (χ2n) is 4.43. The van der Waals surface area contributed by atoms with Gasteiger partial charge in [0.05, 0.1) is 14.2 Å². The molecule has 0 aliphatic rings. The molecule has 0 atom stereocenters. The van der Waals surface area contributed by atoms with E-state index < -0.39 is 18.5 Å². The maximum Gasteiger partial charge on any atom is 0.355 e. The largest absolute Gasteiger partial charge is 0.493 e. The number of methoxy groups -OCH3 is 2. The van der Waals surface area contributed by atoms with Gasteiger partial charge in [-0.1, -0.05) is 0 Å². The van der Waals surface area contributed by atoms with Gasteiger partial charge in [-0.3, -0.25) is 4.79 Å². The molecule has 2 rings (SSSR count). The Labute approximate surface area is 141 Å². The zero-order valence-electron chi connectivity index (χ0n) is 12.5. The molecule has 1 heterocycles. The average molecular weight is 383 g/mol. The van der Waals surface area contributed by atoms with E-state index in [1.54, 1.807) is 30.5 Å². The predicted molar refractivity (Wildman–Crippen MR) is 87.0 cm³/mol. The van der Waals surface area contributed by atoms with Crippen molar-refractivity contribution < 1.29 is 23.8 Å². The van der Waals surface area contributed by atoms with Crippen LogP contribution in [0.3, 0.4) is 0 Å². The number of rotatable bonds is 6. The number of ether oxygens (including phenoxy) is 3. The number of benzene rings is 1. The molecule has 8 heteroatoms. The minimum absolute atomic E-state index is 0.260. The summed E-state index contributed by atoms with van der Waals surface area (Å²) < 4.78 is 15.9. The predicted octanol–water partition coefficient (Wildman–Crippen LogP) is 2.59. The van der Waals surface area contributed by atoms with Crippen LogP contribution in [-0.2, 0) is 9.53 Å². The van der Waals surface area contributed by atoms with Crippen LogP contribution in [-0.4, -0.2) is 37.7 Å². The molecule has 0 fully saturated rings. The Morgan fingerprint density at radius 3 is 2.52 bits per heavy atom. The molecular formula is C15H15BrN2O5. The van der Waals surface area contributed by atoms with Gasteiger partial charge in [-0.25, -0.2) is 4.79 Å².